The topological polar surface area (TPSA) is 59.6 Å². The van der Waals surface area contributed by atoms with Crippen LogP contribution in [0.5, 0.6) is 11.5 Å². The number of nitrogens with one attached hydrogen (secondary N) is 2. The molecule has 116 valence electrons. The minimum absolute atomic E-state index is 0.122. The average Bonchev–Trinajstić information content (AvgIpc) is 2.49. The van der Waals surface area contributed by atoms with E-state index in [1.54, 1.807) is 43.5 Å². The van der Waals surface area contributed by atoms with Crippen molar-refractivity contribution >= 4 is 17.4 Å². The van der Waals surface area contributed by atoms with E-state index >= 15 is 0 Å². The minimum Gasteiger partial charge on any atom is -0.497 e. The molecule has 0 saturated heterocycles. The summed E-state index contributed by atoms with van der Waals surface area (Å²) in [5, 5.41) is 5.51. The van der Waals surface area contributed by atoms with Gasteiger partial charge in [0.05, 0.1) is 13.2 Å². The van der Waals surface area contributed by atoms with Crippen molar-refractivity contribution in [3.8, 4) is 11.5 Å². The second kappa shape index (κ2) is 7.36. The Morgan fingerprint density at radius 1 is 0.864 bits per heavy atom. The van der Waals surface area contributed by atoms with Crippen LogP contribution in [0, 0.1) is 0 Å². The molecule has 2 amide bonds. The van der Waals surface area contributed by atoms with Gasteiger partial charge in [-0.2, -0.15) is 0 Å². The Morgan fingerprint density at radius 3 is 1.73 bits per heavy atom. The molecule has 0 aliphatic carbocycles. The number of carbonyl (C=O) groups is 1. The highest BCUT2D eigenvalue weighted by Gasteiger charge is 2.04. The zero-order valence-corrected chi connectivity index (χ0v) is 12.9. The van der Waals surface area contributed by atoms with E-state index in [2.05, 4.69) is 10.6 Å². The number of hydrogen-bond donors (Lipinski definition) is 2. The van der Waals surface area contributed by atoms with Crippen molar-refractivity contribution in [2.45, 2.75) is 20.0 Å². The lowest BCUT2D eigenvalue weighted by Gasteiger charge is -2.11. The smallest absolute Gasteiger partial charge is 0.323 e. The Hall–Kier alpha value is -2.69. The molecule has 5 nitrogen and oxygen atoms in total. The first-order valence-electron chi connectivity index (χ1n) is 7.05. The molecule has 2 aromatic rings. The van der Waals surface area contributed by atoms with Crippen molar-refractivity contribution in [1.29, 1.82) is 0 Å². The highest BCUT2D eigenvalue weighted by molar-refractivity contribution is 5.99. The lowest BCUT2D eigenvalue weighted by molar-refractivity contribution is 0.242. The standard InChI is InChI=1S/C17H20N2O3/c1-12(2)22-16-10-6-14(7-11-16)19-17(20)18-13-4-8-15(21-3)9-5-13/h4-12H,1-3H3,(H2,18,19,20). The number of ether oxygens (including phenoxy) is 2. The fourth-order valence-electron chi connectivity index (χ4n) is 1.86. The summed E-state index contributed by atoms with van der Waals surface area (Å²) in [7, 11) is 1.60. The molecule has 2 rings (SSSR count). The van der Waals surface area contributed by atoms with Gasteiger partial charge in [0.25, 0.3) is 0 Å². The molecule has 0 aromatic heterocycles. The van der Waals surface area contributed by atoms with Gasteiger partial charge < -0.3 is 20.1 Å². The molecule has 0 fully saturated rings. The van der Waals surface area contributed by atoms with Crippen molar-refractivity contribution < 1.29 is 14.3 Å². The molecular formula is C17H20N2O3. The zero-order valence-electron chi connectivity index (χ0n) is 12.9. The highest BCUT2D eigenvalue weighted by Crippen LogP contribution is 2.18. The van der Waals surface area contributed by atoms with Gasteiger partial charge in [-0.15, -0.1) is 0 Å². The number of carbonyl (C=O) groups excluding carboxylic acids is 1. The SMILES string of the molecule is COc1ccc(NC(=O)Nc2ccc(OC(C)C)cc2)cc1. The summed E-state index contributed by atoms with van der Waals surface area (Å²) in [5.74, 6) is 1.52. The number of anilines is 2. The molecule has 0 aliphatic rings. The maximum absolute atomic E-state index is 11.9. The lowest BCUT2D eigenvalue weighted by atomic mass is 10.3. The van der Waals surface area contributed by atoms with E-state index in [9.17, 15) is 4.79 Å². The maximum Gasteiger partial charge on any atom is 0.323 e. The molecule has 0 unspecified atom stereocenters. The van der Waals surface area contributed by atoms with Crippen molar-refractivity contribution in [1.82, 2.24) is 0 Å². The normalized spacial score (nSPS) is 10.2. The van der Waals surface area contributed by atoms with Crippen molar-refractivity contribution in [3.63, 3.8) is 0 Å². The van der Waals surface area contributed by atoms with Gasteiger partial charge in [0.2, 0.25) is 0 Å². The van der Waals surface area contributed by atoms with Crippen LogP contribution in [0.4, 0.5) is 16.2 Å². The Morgan fingerprint density at radius 2 is 1.32 bits per heavy atom. The number of benzene rings is 2. The second-order valence-corrected chi connectivity index (χ2v) is 5.00. The summed E-state index contributed by atoms with van der Waals surface area (Å²) in [5.41, 5.74) is 1.39. The molecule has 0 spiro atoms. The van der Waals surface area contributed by atoms with Crippen LogP contribution in [-0.4, -0.2) is 19.2 Å². The van der Waals surface area contributed by atoms with Crippen LogP contribution >= 0.6 is 0 Å². The molecule has 0 aliphatic heterocycles. The first-order chi connectivity index (χ1) is 10.6. The molecule has 0 bridgehead atoms. The molecule has 0 heterocycles. The van der Waals surface area contributed by atoms with Crippen LogP contribution < -0.4 is 20.1 Å². The number of methoxy groups -OCH3 is 1. The Bertz CT molecular complexity index is 607. The number of hydrogen-bond acceptors (Lipinski definition) is 3. The first kappa shape index (κ1) is 15.7. The van der Waals surface area contributed by atoms with Crippen LogP contribution in [0.1, 0.15) is 13.8 Å². The minimum atomic E-state index is -0.303. The van der Waals surface area contributed by atoms with Gasteiger partial charge in [-0.05, 0) is 62.4 Å². The number of amides is 2. The molecule has 0 atom stereocenters. The highest BCUT2D eigenvalue weighted by atomic mass is 16.5. The largest absolute Gasteiger partial charge is 0.497 e. The van der Waals surface area contributed by atoms with Gasteiger partial charge in [0.15, 0.2) is 0 Å². The van der Waals surface area contributed by atoms with E-state index in [-0.39, 0.29) is 12.1 Å². The maximum atomic E-state index is 11.9. The van der Waals surface area contributed by atoms with Crippen LogP contribution in [-0.2, 0) is 0 Å². The molecule has 2 N–H and O–H groups in total. The quantitative estimate of drug-likeness (QED) is 0.873. The van der Waals surface area contributed by atoms with Crippen LogP contribution in [0.2, 0.25) is 0 Å². The van der Waals surface area contributed by atoms with E-state index in [1.165, 1.54) is 0 Å². The van der Waals surface area contributed by atoms with Crippen molar-refractivity contribution in [2.75, 3.05) is 17.7 Å². The Kier molecular flexibility index (Phi) is 5.25. The predicted molar refractivity (Wildman–Crippen MR) is 87.8 cm³/mol. The molecule has 5 heteroatoms. The number of rotatable bonds is 5. The summed E-state index contributed by atoms with van der Waals surface area (Å²) in [6.45, 7) is 3.93. The fraction of sp³-hybridized carbons (Fsp3) is 0.235. The van der Waals surface area contributed by atoms with Crippen molar-refractivity contribution in [2.24, 2.45) is 0 Å². The van der Waals surface area contributed by atoms with Crippen LogP contribution in [0.25, 0.3) is 0 Å². The monoisotopic (exact) mass is 300 g/mol. The Balaban J connectivity index is 1.90. The van der Waals surface area contributed by atoms with E-state index in [0.29, 0.717) is 11.4 Å². The van der Waals surface area contributed by atoms with Gasteiger partial charge in [-0.25, -0.2) is 4.79 Å². The van der Waals surface area contributed by atoms with Crippen LogP contribution in [0.15, 0.2) is 48.5 Å². The van der Waals surface area contributed by atoms with Gasteiger partial charge in [-0.1, -0.05) is 0 Å². The summed E-state index contributed by atoms with van der Waals surface area (Å²) in [4.78, 5) is 11.9. The zero-order chi connectivity index (χ0) is 15.9. The molecule has 0 radical (unpaired) electrons. The fourth-order valence-corrected chi connectivity index (χ4v) is 1.86. The molecule has 22 heavy (non-hydrogen) atoms. The van der Waals surface area contributed by atoms with Gasteiger partial charge in [0.1, 0.15) is 11.5 Å². The third kappa shape index (κ3) is 4.70. The lowest BCUT2D eigenvalue weighted by Crippen LogP contribution is -2.19. The third-order valence-corrected chi connectivity index (χ3v) is 2.83. The predicted octanol–water partition coefficient (Wildman–Crippen LogP) is 4.13. The summed E-state index contributed by atoms with van der Waals surface area (Å²) < 4.78 is 10.6. The van der Waals surface area contributed by atoms with E-state index < -0.39 is 0 Å². The van der Waals surface area contributed by atoms with E-state index in [1.807, 2.05) is 26.0 Å². The third-order valence-electron chi connectivity index (χ3n) is 2.83. The first-order valence-corrected chi connectivity index (χ1v) is 7.05. The Labute approximate surface area is 130 Å². The van der Waals surface area contributed by atoms with Gasteiger partial charge in [-0.3, -0.25) is 0 Å². The summed E-state index contributed by atoms with van der Waals surface area (Å²) in [6, 6.07) is 14.1. The van der Waals surface area contributed by atoms with Gasteiger partial charge >= 0.3 is 6.03 Å². The van der Waals surface area contributed by atoms with Crippen molar-refractivity contribution in [3.05, 3.63) is 48.5 Å². The van der Waals surface area contributed by atoms with E-state index in [4.69, 9.17) is 9.47 Å². The summed E-state index contributed by atoms with van der Waals surface area (Å²) in [6.07, 6.45) is 0.122. The molecule has 0 saturated carbocycles. The van der Waals surface area contributed by atoms with E-state index in [0.717, 1.165) is 11.5 Å². The molecule has 2 aromatic carbocycles. The average molecular weight is 300 g/mol. The second-order valence-electron chi connectivity index (χ2n) is 5.00. The van der Waals surface area contributed by atoms with Crippen LogP contribution in [0.3, 0.4) is 0 Å². The summed E-state index contributed by atoms with van der Waals surface area (Å²) >= 11 is 0. The number of urea groups is 1. The molecular weight excluding hydrogens is 280 g/mol. The van der Waals surface area contributed by atoms with Gasteiger partial charge in [0, 0.05) is 11.4 Å².